The number of halogens is 1. The van der Waals surface area contributed by atoms with Crippen molar-refractivity contribution in [1.29, 1.82) is 0 Å². The van der Waals surface area contributed by atoms with Crippen molar-refractivity contribution in [2.24, 2.45) is 0 Å². The molecule has 0 aliphatic carbocycles. The van der Waals surface area contributed by atoms with Gasteiger partial charge in [0.1, 0.15) is 11.9 Å². The molecule has 2 aromatic rings. The number of nitrogens with zero attached hydrogens (tertiary/aromatic N) is 2. The second kappa shape index (κ2) is 5.76. The molecule has 0 fully saturated rings. The first kappa shape index (κ1) is 15.6. The van der Waals surface area contributed by atoms with Crippen molar-refractivity contribution < 1.29 is 14.3 Å². The van der Waals surface area contributed by atoms with Gasteiger partial charge in [0.05, 0.1) is 0 Å². The lowest BCUT2D eigenvalue weighted by atomic mass is 10.0. The molecule has 3 rings (SSSR count). The van der Waals surface area contributed by atoms with E-state index in [0.717, 1.165) is 15.4 Å². The molecule has 0 unspecified atom stereocenters. The fraction of sp³-hybridized carbons (Fsp3) is 0.278. The van der Waals surface area contributed by atoms with E-state index in [0.29, 0.717) is 17.7 Å². The minimum atomic E-state index is -1.29. The molecule has 5 heteroatoms. The lowest BCUT2D eigenvalue weighted by Gasteiger charge is -2.30. The third-order valence-electron chi connectivity index (χ3n) is 4.52. The van der Waals surface area contributed by atoms with Gasteiger partial charge >= 0.3 is 0 Å². The van der Waals surface area contributed by atoms with Crippen molar-refractivity contribution in [2.75, 3.05) is 0 Å². The smallest absolute Gasteiger partial charge is 0.274 e. The molecule has 2 aromatic carbocycles. The van der Waals surface area contributed by atoms with E-state index in [4.69, 9.17) is 0 Å². The van der Waals surface area contributed by atoms with Crippen molar-refractivity contribution in [3.63, 3.8) is 0 Å². The van der Waals surface area contributed by atoms with Gasteiger partial charge in [0.25, 0.3) is 5.66 Å². The molecule has 1 aliphatic rings. The largest absolute Gasteiger partial charge is 0.622 e. The van der Waals surface area contributed by atoms with Gasteiger partial charge in [0.2, 0.25) is 5.71 Å². The molecule has 120 valence electrons. The van der Waals surface area contributed by atoms with Crippen LogP contribution in [-0.4, -0.2) is 26.8 Å². The first-order chi connectivity index (χ1) is 11.0. The first-order valence-electron chi connectivity index (χ1n) is 7.64. The predicted molar refractivity (Wildman–Crippen MR) is 85.6 cm³/mol. The standard InChI is InChI=1S/C18H19FN2O2/c1-3-16-17(13-7-5-4-6-8-13)21(23)18(2,20(16)22)14-9-11-15(19)12-10-14/h4-12,16,22H,3H2,1-2H3/t16-,18+/m0/s1. The SMILES string of the molecule is CC[C@H]1C(c2ccccc2)=[N+]([O-])[C@](C)(c2ccc(F)cc2)N1O. The van der Waals surface area contributed by atoms with Crippen LogP contribution in [0.15, 0.2) is 54.6 Å². The lowest BCUT2D eigenvalue weighted by Crippen LogP contribution is -2.46. The lowest BCUT2D eigenvalue weighted by molar-refractivity contribution is -0.595. The highest BCUT2D eigenvalue weighted by atomic mass is 19.1. The monoisotopic (exact) mass is 314 g/mol. The Bertz CT molecular complexity index is 730. The van der Waals surface area contributed by atoms with Crippen LogP contribution in [0, 0.1) is 11.0 Å². The van der Waals surface area contributed by atoms with E-state index in [1.54, 1.807) is 6.92 Å². The Morgan fingerprint density at radius 2 is 1.78 bits per heavy atom. The summed E-state index contributed by atoms with van der Waals surface area (Å²) in [4.78, 5) is 0. The Kier molecular flexibility index (Phi) is 3.92. The Hall–Kier alpha value is -2.24. The number of hydrogen-bond acceptors (Lipinski definition) is 3. The first-order valence-corrected chi connectivity index (χ1v) is 7.64. The molecule has 0 saturated heterocycles. The minimum Gasteiger partial charge on any atom is -0.622 e. The summed E-state index contributed by atoms with van der Waals surface area (Å²) in [7, 11) is 0. The zero-order valence-electron chi connectivity index (χ0n) is 13.1. The average Bonchev–Trinajstić information content (AvgIpc) is 2.77. The second-order valence-electron chi connectivity index (χ2n) is 5.84. The van der Waals surface area contributed by atoms with Gasteiger partial charge in [-0.3, -0.25) is 0 Å². The van der Waals surface area contributed by atoms with Gasteiger partial charge in [0, 0.05) is 18.1 Å². The highest BCUT2D eigenvalue weighted by molar-refractivity contribution is 6.01. The van der Waals surface area contributed by atoms with Crippen LogP contribution >= 0.6 is 0 Å². The van der Waals surface area contributed by atoms with Crippen LogP contribution in [0.2, 0.25) is 0 Å². The Morgan fingerprint density at radius 3 is 2.35 bits per heavy atom. The van der Waals surface area contributed by atoms with E-state index in [1.807, 2.05) is 37.3 Å². The van der Waals surface area contributed by atoms with Crippen LogP contribution in [0.1, 0.15) is 31.4 Å². The molecule has 4 nitrogen and oxygen atoms in total. The summed E-state index contributed by atoms with van der Waals surface area (Å²) < 4.78 is 14.0. The molecule has 0 bridgehead atoms. The van der Waals surface area contributed by atoms with Gasteiger partial charge in [-0.15, -0.1) is 5.06 Å². The van der Waals surface area contributed by atoms with Crippen LogP contribution < -0.4 is 0 Å². The van der Waals surface area contributed by atoms with Crippen molar-refractivity contribution in [1.82, 2.24) is 5.06 Å². The second-order valence-corrected chi connectivity index (χ2v) is 5.84. The molecule has 1 heterocycles. The van der Waals surface area contributed by atoms with Gasteiger partial charge in [0.15, 0.2) is 0 Å². The molecule has 1 aliphatic heterocycles. The van der Waals surface area contributed by atoms with E-state index < -0.39 is 11.7 Å². The molecule has 0 spiro atoms. The number of hydrogen-bond donors (Lipinski definition) is 1. The third-order valence-corrected chi connectivity index (χ3v) is 4.52. The maximum Gasteiger partial charge on any atom is 0.274 e. The van der Waals surface area contributed by atoms with Gasteiger partial charge < -0.3 is 10.4 Å². The fourth-order valence-electron chi connectivity index (χ4n) is 3.18. The summed E-state index contributed by atoms with van der Waals surface area (Å²) in [6.45, 7) is 3.56. The Balaban J connectivity index is 2.18. The maximum atomic E-state index is 13.2. The molecular formula is C18H19FN2O2. The normalized spacial score (nSPS) is 25.1. The number of hydroxylamine groups is 3. The van der Waals surface area contributed by atoms with E-state index >= 15 is 0 Å². The van der Waals surface area contributed by atoms with Crippen LogP contribution in [0.25, 0.3) is 0 Å². The van der Waals surface area contributed by atoms with Crippen LogP contribution in [-0.2, 0) is 5.66 Å². The molecule has 0 aromatic heterocycles. The molecule has 2 atom stereocenters. The average molecular weight is 314 g/mol. The summed E-state index contributed by atoms with van der Waals surface area (Å²) in [5.74, 6) is -0.378. The Labute approximate surface area is 134 Å². The minimum absolute atomic E-state index is 0.378. The quantitative estimate of drug-likeness (QED) is 0.697. The molecule has 23 heavy (non-hydrogen) atoms. The summed E-state index contributed by atoms with van der Waals surface area (Å²) in [5.41, 5.74) is 0.543. The Morgan fingerprint density at radius 1 is 1.17 bits per heavy atom. The molecule has 0 radical (unpaired) electrons. The highest BCUT2D eigenvalue weighted by Crippen LogP contribution is 2.37. The fourth-order valence-corrected chi connectivity index (χ4v) is 3.18. The molecule has 0 saturated carbocycles. The van der Waals surface area contributed by atoms with E-state index in [2.05, 4.69) is 0 Å². The molecular weight excluding hydrogens is 295 g/mol. The van der Waals surface area contributed by atoms with Crippen LogP contribution in [0.3, 0.4) is 0 Å². The topological polar surface area (TPSA) is 49.5 Å². The van der Waals surface area contributed by atoms with Crippen LogP contribution in [0.4, 0.5) is 4.39 Å². The zero-order chi connectivity index (χ0) is 16.6. The van der Waals surface area contributed by atoms with E-state index in [1.165, 1.54) is 24.3 Å². The van der Waals surface area contributed by atoms with E-state index in [-0.39, 0.29) is 5.82 Å². The van der Waals surface area contributed by atoms with Gasteiger partial charge in [-0.2, -0.15) is 4.74 Å². The molecule has 1 N–H and O–H groups in total. The summed E-state index contributed by atoms with van der Waals surface area (Å²) in [5, 5.41) is 24.9. The van der Waals surface area contributed by atoms with Crippen molar-refractivity contribution in [3.05, 3.63) is 76.7 Å². The van der Waals surface area contributed by atoms with Gasteiger partial charge in [-0.1, -0.05) is 25.1 Å². The number of rotatable bonds is 3. The van der Waals surface area contributed by atoms with Crippen molar-refractivity contribution in [3.8, 4) is 0 Å². The van der Waals surface area contributed by atoms with Gasteiger partial charge in [-0.05, 0) is 42.8 Å². The summed E-state index contributed by atoms with van der Waals surface area (Å²) >= 11 is 0. The molecule has 0 amide bonds. The van der Waals surface area contributed by atoms with E-state index in [9.17, 15) is 14.8 Å². The predicted octanol–water partition coefficient (Wildman–Crippen LogP) is 3.48. The number of benzene rings is 2. The summed E-state index contributed by atoms with van der Waals surface area (Å²) in [6, 6.07) is 14.5. The third kappa shape index (κ3) is 2.33. The highest BCUT2D eigenvalue weighted by Gasteiger charge is 2.55. The zero-order valence-corrected chi connectivity index (χ0v) is 13.1. The maximum absolute atomic E-state index is 13.2. The van der Waals surface area contributed by atoms with Crippen molar-refractivity contribution >= 4 is 5.71 Å². The summed E-state index contributed by atoms with van der Waals surface area (Å²) in [6.07, 6.45) is 0.580. The van der Waals surface area contributed by atoms with Crippen LogP contribution in [0.5, 0.6) is 0 Å². The van der Waals surface area contributed by atoms with Gasteiger partial charge in [-0.25, -0.2) is 4.39 Å². The van der Waals surface area contributed by atoms with Crippen molar-refractivity contribution in [2.45, 2.75) is 32.0 Å².